The van der Waals surface area contributed by atoms with Gasteiger partial charge in [-0.3, -0.25) is 14.5 Å². The van der Waals surface area contributed by atoms with Crippen LogP contribution in [0.1, 0.15) is 25.3 Å². The Morgan fingerprint density at radius 1 is 1.33 bits per heavy atom. The van der Waals surface area contributed by atoms with Crippen LogP contribution in [0.25, 0.3) is 0 Å². The number of hydrogen-bond donors (Lipinski definition) is 0. The first-order valence-electron chi connectivity index (χ1n) is 7.05. The number of amides is 2. The second kappa shape index (κ2) is 6.49. The Bertz CT molecular complexity index is 577. The van der Waals surface area contributed by atoms with Crippen molar-refractivity contribution < 1.29 is 14.0 Å². The molecule has 0 saturated carbocycles. The van der Waals surface area contributed by atoms with Crippen LogP contribution < -0.4 is 0 Å². The van der Waals surface area contributed by atoms with Crippen molar-refractivity contribution in [2.24, 2.45) is 11.8 Å². The molecule has 0 aromatic heterocycles. The van der Waals surface area contributed by atoms with Gasteiger partial charge in [0.05, 0.1) is 6.07 Å². The molecule has 1 fully saturated rings. The third-order valence-corrected chi connectivity index (χ3v) is 3.94. The van der Waals surface area contributed by atoms with E-state index < -0.39 is 11.8 Å². The van der Waals surface area contributed by atoms with Crippen molar-refractivity contribution in [1.82, 2.24) is 4.90 Å². The molecule has 5 heteroatoms. The summed E-state index contributed by atoms with van der Waals surface area (Å²) in [5.41, 5.74) is 0.850. The first-order valence-corrected chi connectivity index (χ1v) is 7.05. The van der Waals surface area contributed by atoms with E-state index >= 15 is 0 Å². The molecule has 1 aliphatic heterocycles. The largest absolute Gasteiger partial charge is 0.281 e. The average Bonchev–Trinajstić information content (AvgIpc) is 2.48. The van der Waals surface area contributed by atoms with Crippen LogP contribution in [0.4, 0.5) is 4.39 Å². The minimum absolute atomic E-state index is 0.183. The molecule has 0 N–H and O–H groups in total. The molecule has 1 saturated heterocycles. The van der Waals surface area contributed by atoms with Gasteiger partial charge in [0, 0.05) is 13.0 Å². The number of nitriles is 1. The van der Waals surface area contributed by atoms with Crippen LogP contribution in [0.3, 0.4) is 0 Å². The molecule has 1 aromatic carbocycles. The Labute approximate surface area is 123 Å². The quantitative estimate of drug-likeness (QED) is 0.799. The van der Waals surface area contributed by atoms with Gasteiger partial charge in [-0.1, -0.05) is 25.5 Å². The number of halogens is 1. The summed E-state index contributed by atoms with van der Waals surface area (Å²) < 4.78 is 12.8. The van der Waals surface area contributed by atoms with Crippen LogP contribution >= 0.6 is 0 Å². The summed E-state index contributed by atoms with van der Waals surface area (Å²) in [6.07, 6.45) is 1.35. The second-order valence-electron chi connectivity index (χ2n) is 5.24. The van der Waals surface area contributed by atoms with E-state index in [-0.39, 0.29) is 30.6 Å². The molecule has 0 bridgehead atoms. The molecular formula is C16H17FN2O2. The highest BCUT2D eigenvalue weighted by molar-refractivity contribution is 6.00. The maximum atomic E-state index is 12.8. The van der Waals surface area contributed by atoms with Gasteiger partial charge >= 0.3 is 0 Å². The predicted octanol–water partition coefficient (Wildman–Crippen LogP) is 2.29. The fourth-order valence-corrected chi connectivity index (χ4v) is 2.61. The maximum absolute atomic E-state index is 12.8. The van der Waals surface area contributed by atoms with Crippen molar-refractivity contribution >= 4 is 11.8 Å². The zero-order chi connectivity index (χ0) is 15.4. The number of carbonyl (C=O) groups excluding carboxylic acids is 2. The molecule has 1 aromatic rings. The Morgan fingerprint density at radius 2 is 2.00 bits per heavy atom. The van der Waals surface area contributed by atoms with Gasteiger partial charge < -0.3 is 0 Å². The topological polar surface area (TPSA) is 61.2 Å². The molecule has 0 spiro atoms. The minimum Gasteiger partial charge on any atom is -0.281 e. The third kappa shape index (κ3) is 3.27. The highest BCUT2D eigenvalue weighted by atomic mass is 19.1. The molecule has 110 valence electrons. The molecule has 1 aliphatic rings. The van der Waals surface area contributed by atoms with Crippen LogP contribution in [0.2, 0.25) is 0 Å². The van der Waals surface area contributed by atoms with E-state index in [1.165, 1.54) is 17.0 Å². The number of rotatable bonds is 4. The van der Waals surface area contributed by atoms with E-state index in [1.54, 1.807) is 12.1 Å². The molecular weight excluding hydrogens is 271 g/mol. The lowest BCUT2D eigenvalue weighted by atomic mass is 9.83. The predicted molar refractivity (Wildman–Crippen MR) is 74.3 cm³/mol. The molecule has 2 rings (SSSR count). The van der Waals surface area contributed by atoms with Gasteiger partial charge in [0.25, 0.3) is 0 Å². The highest BCUT2D eigenvalue weighted by Crippen LogP contribution is 2.28. The van der Waals surface area contributed by atoms with Crippen molar-refractivity contribution in [2.75, 3.05) is 6.54 Å². The third-order valence-electron chi connectivity index (χ3n) is 3.94. The number of nitrogens with zero attached hydrogens (tertiary/aromatic N) is 2. The van der Waals surface area contributed by atoms with Crippen molar-refractivity contribution in [3.8, 4) is 6.07 Å². The fourth-order valence-electron chi connectivity index (χ4n) is 2.61. The van der Waals surface area contributed by atoms with Crippen LogP contribution in [0.5, 0.6) is 0 Å². The lowest BCUT2D eigenvalue weighted by Crippen LogP contribution is -2.49. The molecule has 2 amide bonds. The zero-order valence-corrected chi connectivity index (χ0v) is 11.9. The number of piperidine rings is 1. The Hall–Kier alpha value is -2.22. The SMILES string of the molecule is CCC1CC(=O)N(CCc2ccc(F)cc2)C(=O)C1C#N. The number of imide groups is 1. The van der Waals surface area contributed by atoms with Gasteiger partial charge in [-0.05, 0) is 30.0 Å². The molecule has 4 nitrogen and oxygen atoms in total. The number of hydrogen-bond acceptors (Lipinski definition) is 3. The van der Waals surface area contributed by atoms with Gasteiger partial charge in [0.2, 0.25) is 11.8 Å². The first-order chi connectivity index (χ1) is 10.1. The minimum atomic E-state index is -0.735. The fraction of sp³-hybridized carbons (Fsp3) is 0.438. The van der Waals surface area contributed by atoms with Crippen LogP contribution in [-0.4, -0.2) is 23.3 Å². The molecule has 2 atom stereocenters. The summed E-state index contributed by atoms with van der Waals surface area (Å²) in [7, 11) is 0. The number of benzene rings is 1. The van der Waals surface area contributed by atoms with E-state index in [2.05, 4.69) is 0 Å². The van der Waals surface area contributed by atoms with Gasteiger partial charge in [-0.15, -0.1) is 0 Å². The summed E-state index contributed by atoms with van der Waals surface area (Å²) in [5.74, 6) is -1.86. The monoisotopic (exact) mass is 288 g/mol. The Morgan fingerprint density at radius 3 is 2.57 bits per heavy atom. The van der Waals surface area contributed by atoms with Gasteiger partial charge in [0.15, 0.2) is 0 Å². The maximum Gasteiger partial charge on any atom is 0.246 e. The van der Waals surface area contributed by atoms with Crippen LogP contribution in [-0.2, 0) is 16.0 Å². The Kier molecular flexibility index (Phi) is 4.69. The second-order valence-corrected chi connectivity index (χ2v) is 5.24. The molecule has 21 heavy (non-hydrogen) atoms. The smallest absolute Gasteiger partial charge is 0.246 e. The normalized spacial score (nSPS) is 22.2. The van der Waals surface area contributed by atoms with E-state index in [0.29, 0.717) is 12.8 Å². The summed E-state index contributed by atoms with van der Waals surface area (Å²) in [6.45, 7) is 2.11. The highest BCUT2D eigenvalue weighted by Gasteiger charge is 2.40. The van der Waals surface area contributed by atoms with Crippen molar-refractivity contribution in [3.05, 3.63) is 35.6 Å². The Balaban J connectivity index is 2.05. The average molecular weight is 288 g/mol. The summed E-state index contributed by atoms with van der Waals surface area (Å²) in [6, 6.07) is 7.97. The van der Waals surface area contributed by atoms with E-state index in [4.69, 9.17) is 5.26 Å². The standard InChI is InChI=1S/C16H17FN2O2/c1-2-12-9-15(20)19(16(21)14(12)10-18)8-7-11-3-5-13(17)6-4-11/h3-6,12,14H,2,7-9H2,1H3. The van der Waals surface area contributed by atoms with Gasteiger partial charge in [-0.25, -0.2) is 4.39 Å². The lowest BCUT2D eigenvalue weighted by Gasteiger charge is -2.32. The first kappa shape index (κ1) is 15.2. The molecule has 0 radical (unpaired) electrons. The van der Waals surface area contributed by atoms with Crippen molar-refractivity contribution in [2.45, 2.75) is 26.2 Å². The van der Waals surface area contributed by atoms with E-state index in [0.717, 1.165) is 5.56 Å². The summed E-state index contributed by atoms with van der Waals surface area (Å²) in [4.78, 5) is 25.5. The van der Waals surface area contributed by atoms with E-state index in [9.17, 15) is 14.0 Å². The van der Waals surface area contributed by atoms with E-state index in [1.807, 2.05) is 13.0 Å². The van der Waals surface area contributed by atoms with Gasteiger partial charge in [-0.2, -0.15) is 5.26 Å². The summed E-state index contributed by atoms with van der Waals surface area (Å²) in [5, 5.41) is 9.13. The van der Waals surface area contributed by atoms with Crippen molar-refractivity contribution in [1.29, 1.82) is 5.26 Å². The van der Waals surface area contributed by atoms with Gasteiger partial charge in [0.1, 0.15) is 11.7 Å². The zero-order valence-electron chi connectivity index (χ0n) is 11.9. The van der Waals surface area contributed by atoms with Crippen molar-refractivity contribution in [3.63, 3.8) is 0 Å². The molecule has 0 aliphatic carbocycles. The number of carbonyl (C=O) groups is 2. The molecule has 2 unspecified atom stereocenters. The van der Waals surface area contributed by atoms with Crippen LogP contribution in [0, 0.1) is 29.0 Å². The molecule has 1 heterocycles. The summed E-state index contributed by atoms with van der Waals surface area (Å²) >= 11 is 0. The van der Waals surface area contributed by atoms with Crippen LogP contribution in [0.15, 0.2) is 24.3 Å². The lowest BCUT2D eigenvalue weighted by molar-refractivity contribution is -0.152. The number of likely N-dealkylation sites (tertiary alicyclic amines) is 1.